The molecule has 2 nitrogen and oxygen atoms in total. The summed E-state index contributed by atoms with van der Waals surface area (Å²) in [6, 6.07) is 8.43. The lowest BCUT2D eigenvalue weighted by Gasteiger charge is -2.16. The van der Waals surface area contributed by atoms with Crippen LogP contribution < -0.4 is 5.32 Å². The third kappa shape index (κ3) is 2.96. The Hall–Kier alpha value is -1.13. The van der Waals surface area contributed by atoms with Crippen LogP contribution in [0.5, 0.6) is 0 Å². The van der Waals surface area contributed by atoms with E-state index in [0.717, 1.165) is 22.3 Å². The fraction of sp³-hybridized carbons (Fsp3) is 0.231. The summed E-state index contributed by atoms with van der Waals surface area (Å²) in [5, 5.41) is 3.27. The second-order valence-electron chi connectivity index (χ2n) is 3.71. The highest BCUT2D eigenvalue weighted by molar-refractivity contribution is 9.10. The van der Waals surface area contributed by atoms with Gasteiger partial charge in [-0.1, -0.05) is 22.9 Å². The van der Waals surface area contributed by atoms with E-state index in [2.05, 4.69) is 21.2 Å². The van der Waals surface area contributed by atoms with Crippen LogP contribution >= 0.6 is 15.9 Å². The van der Waals surface area contributed by atoms with Gasteiger partial charge in [0.15, 0.2) is 0 Å². The minimum Gasteiger partial charge on any atom is -0.467 e. The number of hydrogen-bond acceptors (Lipinski definition) is 2. The van der Waals surface area contributed by atoms with Crippen molar-refractivity contribution in [1.82, 2.24) is 5.32 Å². The Morgan fingerprint density at radius 2 is 2.24 bits per heavy atom. The van der Waals surface area contributed by atoms with Crippen molar-refractivity contribution in [2.45, 2.75) is 13.0 Å². The summed E-state index contributed by atoms with van der Waals surface area (Å²) >= 11 is 3.30. The molecule has 17 heavy (non-hydrogen) atoms. The highest BCUT2D eigenvalue weighted by Gasteiger charge is 2.16. The summed E-state index contributed by atoms with van der Waals surface area (Å²) in [5.41, 5.74) is 0.841. The van der Waals surface area contributed by atoms with Crippen LogP contribution in [0.3, 0.4) is 0 Å². The Labute approximate surface area is 108 Å². The third-order valence-corrected chi connectivity index (χ3v) is 2.91. The largest absolute Gasteiger partial charge is 0.467 e. The molecule has 0 bridgehead atoms. The fourth-order valence-electron chi connectivity index (χ4n) is 1.78. The van der Waals surface area contributed by atoms with E-state index in [1.54, 1.807) is 6.26 Å². The minimum atomic E-state index is -0.260. The van der Waals surface area contributed by atoms with Crippen LogP contribution in [-0.2, 0) is 0 Å². The van der Waals surface area contributed by atoms with Crippen LogP contribution in [0.4, 0.5) is 4.39 Å². The topological polar surface area (TPSA) is 25.2 Å². The van der Waals surface area contributed by atoms with Gasteiger partial charge in [0.05, 0.1) is 12.3 Å². The van der Waals surface area contributed by atoms with Crippen LogP contribution in [0.1, 0.15) is 24.3 Å². The monoisotopic (exact) mass is 297 g/mol. The number of furan rings is 1. The molecule has 2 rings (SSSR count). The van der Waals surface area contributed by atoms with Crippen molar-refractivity contribution in [2.24, 2.45) is 0 Å². The average Bonchev–Trinajstić information content (AvgIpc) is 2.77. The Morgan fingerprint density at radius 1 is 1.41 bits per heavy atom. The van der Waals surface area contributed by atoms with E-state index < -0.39 is 0 Å². The summed E-state index contributed by atoms with van der Waals surface area (Å²) in [6.07, 6.45) is 1.62. The van der Waals surface area contributed by atoms with Crippen molar-refractivity contribution in [1.29, 1.82) is 0 Å². The van der Waals surface area contributed by atoms with Crippen molar-refractivity contribution in [3.63, 3.8) is 0 Å². The van der Waals surface area contributed by atoms with Crippen LogP contribution in [0.2, 0.25) is 0 Å². The number of nitrogens with one attached hydrogen (secondary N) is 1. The van der Waals surface area contributed by atoms with Gasteiger partial charge in [0, 0.05) is 4.47 Å². The van der Waals surface area contributed by atoms with Crippen molar-refractivity contribution < 1.29 is 8.81 Å². The smallest absolute Gasteiger partial charge is 0.125 e. The molecule has 0 aliphatic rings. The fourth-order valence-corrected chi connectivity index (χ4v) is 2.27. The maximum Gasteiger partial charge on any atom is 0.125 e. The highest BCUT2D eigenvalue weighted by atomic mass is 79.9. The first kappa shape index (κ1) is 12.3. The van der Waals surface area contributed by atoms with E-state index in [-0.39, 0.29) is 11.9 Å². The lowest BCUT2D eigenvalue weighted by atomic mass is 10.0. The van der Waals surface area contributed by atoms with Crippen LogP contribution in [0, 0.1) is 5.82 Å². The molecule has 0 saturated heterocycles. The van der Waals surface area contributed by atoms with Crippen LogP contribution in [0.15, 0.2) is 45.5 Å². The Bertz CT molecular complexity index is 464. The molecule has 0 fully saturated rings. The van der Waals surface area contributed by atoms with Crippen molar-refractivity contribution in [3.8, 4) is 0 Å². The summed E-state index contributed by atoms with van der Waals surface area (Å²) < 4.78 is 19.5. The van der Waals surface area contributed by atoms with Crippen LogP contribution in [-0.4, -0.2) is 6.54 Å². The normalized spacial score (nSPS) is 12.6. The van der Waals surface area contributed by atoms with Gasteiger partial charge in [0.25, 0.3) is 0 Å². The molecule has 0 aliphatic carbocycles. The van der Waals surface area contributed by atoms with Gasteiger partial charge in [0.2, 0.25) is 0 Å². The molecule has 0 amide bonds. The summed E-state index contributed by atoms with van der Waals surface area (Å²) in [6.45, 7) is 2.78. The minimum absolute atomic E-state index is 0.123. The second-order valence-corrected chi connectivity index (χ2v) is 4.62. The standard InChI is InChI=1S/C13H13BrFNO/c1-2-16-13(12-4-3-5-17-12)9-6-10(14)8-11(15)7-9/h3-8,13,16H,2H2,1H3. The number of hydrogen-bond donors (Lipinski definition) is 1. The average molecular weight is 298 g/mol. The van der Waals surface area contributed by atoms with Crippen molar-refractivity contribution in [3.05, 3.63) is 58.2 Å². The molecule has 90 valence electrons. The molecule has 0 radical (unpaired) electrons. The molecule has 1 N–H and O–H groups in total. The molecule has 1 aromatic heterocycles. The molecule has 1 atom stereocenters. The zero-order valence-corrected chi connectivity index (χ0v) is 11.0. The zero-order chi connectivity index (χ0) is 12.3. The summed E-state index contributed by atoms with van der Waals surface area (Å²) in [5.74, 6) is 0.521. The van der Waals surface area contributed by atoms with Gasteiger partial charge < -0.3 is 9.73 Å². The Balaban J connectivity index is 2.38. The van der Waals surface area contributed by atoms with Gasteiger partial charge in [-0.05, 0) is 42.4 Å². The lowest BCUT2D eigenvalue weighted by Crippen LogP contribution is -2.21. The maximum absolute atomic E-state index is 13.4. The molecule has 1 unspecified atom stereocenters. The predicted molar refractivity (Wildman–Crippen MR) is 68.3 cm³/mol. The van der Waals surface area contributed by atoms with Gasteiger partial charge in [-0.2, -0.15) is 0 Å². The molecular weight excluding hydrogens is 285 g/mol. The van der Waals surface area contributed by atoms with Crippen LogP contribution in [0.25, 0.3) is 0 Å². The van der Waals surface area contributed by atoms with E-state index >= 15 is 0 Å². The predicted octanol–water partition coefficient (Wildman–Crippen LogP) is 3.88. The maximum atomic E-state index is 13.4. The van der Waals surface area contributed by atoms with Gasteiger partial charge in [-0.15, -0.1) is 0 Å². The SMILES string of the molecule is CCNC(c1cc(F)cc(Br)c1)c1ccco1. The van der Waals surface area contributed by atoms with E-state index in [0.29, 0.717) is 0 Å². The molecular formula is C13H13BrFNO. The molecule has 0 saturated carbocycles. The first-order valence-corrected chi connectivity index (χ1v) is 6.22. The molecule has 2 aromatic rings. The summed E-state index contributed by atoms with van der Waals surface area (Å²) in [7, 11) is 0. The Morgan fingerprint density at radius 3 is 2.82 bits per heavy atom. The lowest BCUT2D eigenvalue weighted by molar-refractivity contribution is 0.451. The van der Waals surface area contributed by atoms with E-state index in [9.17, 15) is 4.39 Å². The molecule has 1 aromatic carbocycles. The van der Waals surface area contributed by atoms with Gasteiger partial charge in [-0.25, -0.2) is 4.39 Å². The van der Waals surface area contributed by atoms with Crippen molar-refractivity contribution in [2.75, 3.05) is 6.54 Å². The number of halogens is 2. The zero-order valence-electron chi connectivity index (χ0n) is 9.41. The molecule has 0 aliphatic heterocycles. The van der Waals surface area contributed by atoms with Gasteiger partial charge in [0.1, 0.15) is 11.6 Å². The first-order valence-electron chi connectivity index (χ1n) is 5.43. The quantitative estimate of drug-likeness (QED) is 0.926. The molecule has 0 spiro atoms. The molecule has 4 heteroatoms. The number of benzene rings is 1. The summed E-state index contributed by atoms with van der Waals surface area (Å²) in [4.78, 5) is 0. The molecule has 1 heterocycles. The van der Waals surface area contributed by atoms with E-state index in [1.807, 2.05) is 25.1 Å². The number of rotatable bonds is 4. The van der Waals surface area contributed by atoms with E-state index in [4.69, 9.17) is 4.42 Å². The Kier molecular flexibility index (Phi) is 3.97. The van der Waals surface area contributed by atoms with Crippen molar-refractivity contribution >= 4 is 15.9 Å². The first-order chi connectivity index (χ1) is 8.20. The van der Waals surface area contributed by atoms with E-state index in [1.165, 1.54) is 12.1 Å². The third-order valence-electron chi connectivity index (χ3n) is 2.45. The van der Waals surface area contributed by atoms with Gasteiger partial charge >= 0.3 is 0 Å². The van der Waals surface area contributed by atoms with Gasteiger partial charge in [-0.3, -0.25) is 0 Å². The highest BCUT2D eigenvalue weighted by Crippen LogP contribution is 2.26. The second kappa shape index (κ2) is 5.47.